The fourth-order valence-corrected chi connectivity index (χ4v) is 2.85. The van der Waals surface area contributed by atoms with E-state index in [0.29, 0.717) is 17.2 Å². The molecule has 0 atom stereocenters. The fraction of sp³-hybridized carbons (Fsp3) is 0.111. The average molecular weight is 449 g/mol. The summed E-state index contributed by atoms with van der Waals surface area (Å²) in [4.78, 5) is 16.0. The Morgan fingerprint density at radius 3 is 2.84 bits per heavy atom. The molecule has 1 heterocycles. The van der Waals surface area contributed by atoms with Crippen molar-refractivity contribution in [1.82, 2.24) is 4.98 Å². The zero-order valence-electron chi connectivity index (χ0n) is 13.5. The summed E-state index contributed by atoms with van der Waals surface area (Å²) >= 11 is 2.23. The maximum absolute atomic E-state index is 12.1. The van der Waals surface area contributed by atoms with E-state index in [-0.39, 0.29) is 12.5 Å². The number of methoxy groups -OCH3 is 1. The Labute approximate surface area is 158 Å². The van der Waals surface area contributed by atoms with Crippen LogP contribution < -0.4 is 15.4 Å². The number of amides is 1. The minimum Gasteiger partial charge on any atom is -0.496 e. The van der Waals surface area contributed by atoms with Gasteiger partial charge >= 0.3 is 0 Å². The van der Waals surface area contributed by atoms with E-state index in [1.807, 2.05) is 30.3 Å². The van der Waals surface area contributed by atoms with E-state index >= 15 is 0 Å². The standard InChI is InChI=1S/C18H16IN3O3/c1-24-16-8-14(5-6-15(16)17-9-20-11-25-17)22-18(23)10-21-13-4-2-3-12(19)7-13/h2-9,11,21H,10H2,1H3,(H,22,23). The van der Waals surface area contributed by atoms with Crippen molar-refractivity contribution in [3.05, 3.63) is 58.6 Å². The number of hydrogen-bond donors (Lipinski definition) is 2. The van der Waals surface area contributed by atoms with Crippen LogP contribution in [0.3, 0.4) is 0 Å². The molecule has 3 rings (SSSR count). The summed E-state index contributed by atoms with van der Waals surface area (Å²) in [5.41, 5.74) is 2.32. The van der Waals surface area contributed by atoms with Gasteiger partial charge in [-0.05, 0) is 52.9 Å². The highest BCUT2D eigenvalue weighted by molar-refractivity contribution is 14.1. The number of rotatable bonds is 6. The summed E-state index contributed by atoms with van der Waals surface area (Å²) in [6.07, 6.45) is 2.97. The van der Waals surface area contributed by atoms with Crippen LogP contribution in [0.5, 0.6) is 5.75 Å². The van der Waals surface area contributed by atoms with Crippen LogP contribution in [-0.2, 0) is 4.79 Å². The van der Waals surface area contributed by atoms with E-state index in [2.05, 4.69) is 38.2 Å². The molecule has 3 aromatic rings. The van der Waals surface area contributed by atoms with Crippen molar-refractivity contribution in [2.24, 2.45) is 0 Å². The van der Waals surface area contributed by atoms with E-state index < -0.39 is 0 Å². The first-order valence-corrected chi connectivity index (χ1v) is 8.60. The number of anilines is 2. The van der Waals surface area contributed by atoms with E-state index in [4.69, 9.17) is 9.15 Å². The van der Waals surface area contributed by atoms with Crippen molar-refractivity contribution in [1.29, 1.82) is 0 Å². The number of hydrogen-bond acceptors (Lipinski definition) is 5. The van der Waals surface area contributed by atoms with E-state index in [9.17, 15) is 4.79 Å². The van der Waals surface area contributed by atoms with Gasteiger partial charge in [-0.25, -0.2) is 4.98 Å². The van der Waals surface area contributed by atoms with Crippen LogP contribution in [-0.4, -0.2) is 24.5 Å². The van der Waals surface area contributed by atoms with Crippen LogP contribution in [0.15, 0.2) is 59.5 Å². The van der Waals surface area contributed by atoms with Gasteiger partial charge in [0.05, 0.1) is 25.4 Å². The van der Waals surface area contributed by atoms with Crippen molar-refractivity contribution in [3.8, 4) is 17.1 Å². The van der Waals surface area contributed by atoms with Crippen molar-refractivity contribution >= 4 is 39.9 Å². The number of nitrogens with one attached hydrogen (secondary N) is 2. The van der Waals surface area contributed by atoms with Crippen molar-refractivity contribution < 1.29 is 13.9 Å². The number of carbonyl (C=O) groups excluding carboxylic acids is 1. The van der Waals surface area contributed by atoms with Gasteiger partial charge in [0.2, 0.25) is 5.91 Å². The van der Waals surface area contributed by atoms with Crippen LogP contribution >= 0.6 is 22.6 Å². The molecule has 2 aromatic carbocycles. The van der Waals surface area contributed by atoms with Gasteiger partial charge in [-0.3, -0.25) is 4.79 Å². The minimum absolute atomic E-state index is 0.145. The SMILES string of the molecule is COc1cc(NC(=O)CNc2cccc(I)c2)ccc1-c1cnco1. The third-order valence-electron chi connectivity index (χ3n) is 3.46. The number of carbonyl (C=O) groups is 1. The number of nitrogens with zero attached hydrogens (tertiary/aromatic N) is 1. The number of ether oxygens (including phenoxy) is 1. The van der Waals surface area contributed by atoms with Crippen LogP contribution in [0.4, 0.5) is 11.4 Å². The highest BCUT2D eigenvalue weighted by atomic mass is 127. The first kappa shape index (κ1) is 17.3. The molecular weight excluding hydrogens is 433 g/mol. The lowest BCUT2D eigenvalue weighted by molar-refractivity contribution is -0.114. The highest BCUT2D eigenvalue weighted by Gasteiger charge is 2.11. The predicted octanol–water partition coefficient (Wildman–Crippen LogP) is 4.01. The zero-order valence-corrected chi connectivity index (χ0v) is 15.6. The number of oxazole rings is 1. The van der Waals surface area contributed by atoms with Crippen LogP contribution in [0, 0.1) is 3.57 Å². The van der Waals surface area contributed by atoms with Crippen molar-refractivity contribution in [3.63, 3.8) is 0 Å². The minimum atomic E-state index is -0.145. The lowest BCUT2D eigenvalue weighted by atomic mass is 10.1. The molecule has 0 saturated carbocycles. The van der Waals surface area contributed by atoms with Gasteiger partial charge in [-0.2, -0.15) is 0 Å². The third-order valence-corrected chi connectivity index (χ3v) is 4.13. The first-order chi connectivity index (χ1) is 12.2. The van der Waals surface area contributed by atoms with Crippen molar-refractivity contribution in [2.75, 3.05) is 24.3 Å². The Morgan fingerprint density at radius 2 is 2.12 bits per heavy atom. The quantitative estimate of drug-likeness (QED) is 0.557. The van der Waals surface area contributed by atoms with Crippen LogP contribution in [0.25, 0.3) is 11.3 Å². The molecular formula is C18H16IN3O3. The molecule has 0 unspecified atom stereocenters. The van der Waals surface area contributed by atoms with Crippen molar-refractivity contribution in [2.45, 2.75) is 0 Å². The Morgan fingerprint density at radius 1 is 1.24 bits per heavy atom. The highest BCUT2D eigenvalue weighted by Crippen LogP contribution is 2.32. The van der Waals surface area contributed by atoms with Gasteiger partial charge in [0.15, 0.2) is 12.2 Å². The zero-order chi connectivity index (χ0) is 17.6. The van der Waals surface area contributed by atoms with Gasteiger partial charge in [0.25, 0.3) is 0 Å². The van der Waals surface area contributed by atoms with Gasteiger partial charge < -0.3 is 19.8 Å². The topological polar surface area (TPSA) is 76.4 Å². The lowest BCUT2D eigenvalue weighted by Gasteiger charge is -2.11. The largest absolute Gasteiger partial charge is 0.496 e. The Bertz CT molecular complexity index is 866. The van der Waals surface area contributed by atoms with Crippen LogP contribution in [0.1, 0.15) is 0 Å². The van der Waals surface area contributed by atoms with Crippen LogP contribution in [0.2, 0.25) is 0 Å². The molecule has 128 valence electrons. The molecule has 25 heavy (non-hydrogen) atoms. The lowest BCUT2D eigenvalue weighted by Crippen LogP contribution is -2.21. The molecule has 0 bridgehead atoms. The Hall–Kier alpha value is -2.55. The number of aromatic nitrogens is 1. The molecule has 7 heteroatoms. The second-order valence-electron chi connectivity index (χ2n) is 5.19. The van der Waals surface area contributed by atoms with Gasteiger partial charge in [-0.15, -0.1) is 0 Å². The summed E-state index contributed by atoms with van der Waals surface area (Å²) in [6.45, 7) is 0.173. The summed E-state index contributed by atoms with van der Waals surface area (Å²) in [5, 5.41) is 5.94. The molecule has 6 nitrogen and oxygen atoms in total. The maximum atomic E-state index is 12.1. The average Bonchev–Trinajstić information content (AvgIpc) is 3.14. The summed E-state index contributed by atoms with van der Waals surface area (Å²) < 4.78 is 11.8. The second-order valence-corrected chi connectivity index (χ2v) is 6.44. The molecule has 0 radical (unpaired) electrons. The number of halogens is 1. The van der Waals surface area contributed by atoms with Gasteiger partial charge in [-0.1, -0.05) is 6.07 Å². The molecule has 0 aliphatic heterocycles. The Balaban J connectivity index is 1.65. The smallest absolute Gasteiger partial charge is 0.243 e. The second kappa shape index (κ2) is 8.02. The molecule has 0 aliphatic rings. The predicted molar refractivity (Wildman–Crippen MR) is 105 cm³/mol. The Kier molecular flexibility index (Phi) is 5.54. The monoisotopic (exact) mass is 449 g/mol. The van der Waals surface area contributed by atoms with Gasteiger partial charge in [0.1, 0.15) is 5.75 Å². The molecule has 1 aromatic heterocycles. The first-order valence-electron chi connectivity index (χ1n) is 7.52. The van der Waals surface area contributed by atoms with Gasteiger partial charge in [0, 0.05) is 21.0 Å². The summed E-state index contributed by atoms with van der Waals surface area (Å²) in [6, 6.07) is 13.2. The fourth-order valence-electron chi connectivity index (χ4n) is 2.31. The van der Waals surface area contributed by atoms with E-state index in [1.165, 1.54) is 6.39 Å². The normalized spacial score (nSPS) is 10.3. The number of benzene rings is 2. The molecule has 0 saturated heterocycles. The third kappa shape index (κ3) is 4.50. The van der Waals surface area contributed by atoms with E-state index in [1.54, 1.807) is 25.4 Å². The molecule has 0 fully saturated rings. The molecule has 0 aliphatic carbocycles. The summed E-state index contributed by atoms with van der Waals surface area (Å²) in [7, 11) is 1.57. The molecule has 2 N–H and O–H groups in total. The summed E-state index contributed by atoms with van der Waals surface area (Å²) in [5.74, 6) is 1.06. The molecule has 1 amide bonds. The maximum Gasteiger partial charge on any atom is 0.243 e. The molecule has 0 spiro atoms. The van der Waals surface area contributed by atoms with E-state index in [0.717, 1.165) is 14.8 Å².